The van der Waals surface area contributed by atoms with E-state index in [4.69, 9.17) is 14.2 Å². The fourth-order valence-electron chi connectivity index (χ4n) is 3.14. The van der Waals surface area contributed by atoms with E-state index < -0.39 is 11.4 Å². The average molecular weight is 328 g/mol. The molecule has 1 aliphatic heterocycles. The van der Waals surface area contributed by atoms with Crippen LogP contribution in [0.15, 0.2) is 0 Å². The largest absolute Gasteiger partial charge is 0.444 e. The Morgan fingerprint density at radius 2 is 1.96 bits per heavy atom. The number of ether oxygens (including phenoxy) is 3. The van der Waals surface area contributed by atoms with Crippen molar-refractivity contribution in [3.05, 3.63) is 0 Å². The zero-order valence-electron chi connectivity index (χ0n) is 15.1. The average Bonchev–Trinajstić information content (AvgIpc) is 2.74. The molecule has 2 fully saturated rings. The van der Waals surface area contributed by atoms with Crippen molar-refractivity contribution in [2.45, 2.75) is 89.9 Å². The number of carbonyl (C=O) groups is 1. The highest BCUT2D eigenvalue weighted by Gasteiger charge is 2.33. The van der Waals surface area contributed by atoms with Gasteiger partial charge in [-0.1, -0.05) is 0 Å². The van der Waals surface area contributed by atoms with Crippen LogP contribution in [0.4, 0.5) is 4.79 Å². The standard InChI is InChI=1S/C17H32N2O4/c1-16(2,3)23-15(20)19-13-8-6-7-12(9-13)18-10-14-11-21-17(4,5)22-14/h12-14,18H,6-11H2,1-5H3,(H,19,20). The zero-order valence-corrected chi connectivity index (χ0v) is 15.1. The number of amides is 1. The van der Waals surface area contributed by atoms with Crippen LogP contribution >= 0.6 is 0 Å². The number of carbonyl (C=O) groups excluding carboxylic acids is 1. The maximum Gasteiger partial charge on any atom is 0.407 e. The van der Waals surface area contributed by atoms with Crippen LogP contribution in [-0.2, 0) is 14.2 Å². The lowest BCUT2D eigenvalue weighted by molar-refractivity contribution is -0.138. The van der Waals surface area contributed by atoms with Gasteiger partial charge >= 0.3 is 6.09 Å². The molecule has 6 nitrogen and oxygen atoms in total. The van der Waals surface area contributed by atoms with Gasteiger partial charge in [0.25, 0.3) is 0 Å². The molecule has 0 bridgehead atoms. The molecule has 3 unspecified atom stereocenters. The Labute approximate surface area is 139 Å². The van der Waals surface area contributed by atoms with E-state index in [-0.39, 0.29) is 18.2 Å². The molecule has 23 heavy (non-hydrogen) atoms. The maximum absolute atomic E-state index is 11.9. The number of nitrogens with one attached hydrogen (secondary N) is 2. The molecule has 1 heterocycles. The lowest BCUT2D eigenvalue weighted by Gasteiger charge is -2.31. The van der Waals surface area contributed by atoms with Crippen LogP contribution in [0.3, 0.4) is 0 Å². The van der Waals surface area contributed by atoms with Gasteiger partial charge in [-0.05, 0) is 60.3 Å². The van der Waals surface area contributed by atoms with Crippen LogP contribution in [0, 0.1) is 0 Å². The van der Waals surface area contributed by atoms with Gasteiger partial charge in [0.2, 0.25) is 0 Å². The molecule has 0 spiro atoms. The summed E-state index contributed by atoms with van der Waals surface area (Å²) in [6.45, 7) is 10.9. The smallest absolute Gasteiger partial charge is 0.407 e. The zero-order chi connectivity index (χ0) is 17.1. The molecular formula is C17H32N2O4. The second-order valence-electron chi connectivity index (χ2n) is 8.07. The monoisotopic (exact) mass is 328 g/mol. The summed E-state index contributed by atoms with van der Waals surface area (Å²) in [6.07, 6.45) is 3.94. The summed E-state index contributed by atoms with van der Waals surface area (Å²) in [7, 11) is 0. The van der Waals surface area contributed by atoms with Gasteiger partial charge in [-0.2, -0.15) is 0 Å². The maximum atomic E-state index is 11.9. The summed E-state index contributed by atoms with van der Waals surface area (Å²) in [6, 6.07) is 0.573. The Bertz CT molecular complexity index is 406. The highest BCUT2D eigenvalue weighted by molar-refractivity contribution is 5.68. The third kappa shape index (κ3) is 6.65. The summed E-state index contributed by atoms with van der Waals surface area (Å²) in [5.74, 6) is -0.473. The second kappa shape index (κ2) is 7.36. The first-order chi connectivity index (χ1) is 10.6. The van der Waals surface area contributed by atoms with Gasteiger partial charge in [0.05, 0.1) is 12.7 Å². The van der Waals surface area contributed by atoms with Crippen LogP contribution in [0.1, 0.15) is 60.3 Å². The summed E-state index contributed by atoms with van der Waals surface area (Å²) in [5, 5.41) is 6.54. The summed E-state index contributed by atoms with van der Waals surface area (Å²) in [5.41, 5.74) is -0.455. The molecule has 2 rings (SSSR count). The van der Waals surface area contributed by atoms with Gasteiger partial charge < -0.3 is 24.8 Å². The third-order valence-electron chi connectivity index (χ3n) is 4.10. The Hall–Kier alpha value is -0.850. The first-order valence-corrected chi connectivity index (χ1v) is 8.68. The first kappa shape index (κ1) is 18.5. The van der Waals surface area contributed by atoms with Crippen molar-refractivity contribution in [1.29, 1.82) is 0 Å². The minimum Gasteiger partial charge on any atom is -0.444 e. The lowest BCUT2D eigenvalue weighted by atomic mass is 9.91. The van der Waals surface area contributed by atoms with Crippen LogP contribution < -0.4 is 10.6 Å². The molecule has 0 aromatic rings. The lowest BCUT2D eigenvalue weighted by Crippen LogP contribution is -2.47. The van der Waals surface area contributed by atoms with Crippen molar-refractivity contribution in [2.75, 3.05) is 13.2 Å². The fourth-order valence-corrected chi connectivity index (χ4v) is 3.14. The van der Waals surface area contributed by atoms with Crippen molar-refractivity contribution < 1.29 is 19.0 Å². The second-order valence-corrected chi connectivity index (χ2v) is 8.07. The predicted molar refractivity (Wildman–Crippen MR) is 88.3 cm³/mol. The Morgan fingerprint density at radius 3 is 2.57 bits per heavy atom. The molecular weight excluding hydrogens is 296 g/mol. The van der Waals surface area contributed by atoms with Crippen molar-refractivity contribution in [3.63, 3.8) is 0 Å². The highest BCUT2D eigenvalue weighted by Crippen LogP contribution is 2.23. The molecule has 0 radical (unpaired) electrons. The molecule has 6 heteroatoms. The summed E-state index contributed by atoms with van der Waals surface area (Å²) < 4.78 is 16.7. The van der Waals surface area contributed by atoms with Gasteiger partial charge in [0.15, 0.2) is 5.79 Å². The number of hydrogen-bond acceptors (Lipinski definition) is 5. The molecule has 1 aliphatic carbocycles. The van der Waals surface area contributed by atoms with E-state index in [1.54, 1.807) is 0 Å². The van der Waals surface area contributed by atoms with E-state index in [0.29, 0.717) is 12.6 Å². The van der Waals surface area contributed by atoms with Gasteiger partial charge in [0, 0.05) is 18.6 Å². The number of rotatable bonds is 4. The minimum absolute atomic E-state index is 0.101. The molecule has 1 saturated heterocycles. The van der Waals surface area contributed by atoms with Gasteiger partial charge in [-0.15, -0.1) is 0 Å². The van der Waals surface area contributed by atoms with Crippen LogP contribution in [0.2, 0.25) is 0 Å². The molecule has 2 aliphatic rings. The highest BCUT2D eigenvalue weighted by atomic mass is 16.7. The van der Waals surface area contributed by atoms with Crippen LogP contribution in [-0.4, -0.2) is 48.8 Å². The number of hydrogen-bond donors (Lipinski definition) is 2. The third-order valence-corrected chi connectivity index (χ3v) is 4.10. The van der Waals surface area contributed by atoms with E-state index in [9.17, 15) is 4.79 Å². The quantitative estimate of drug-likeness (QED) is 0.830. The normalized spacial score (nSPS) is 30.9. The van der Waals surface area contributed by atoms with Crippen molar-refractivity contribution in [2.24, 2.45) is 0 Å². The molecule has 134 valence electrons. The SMILES string of the molecule is CC(C)(C)OC(=O)NC1CCCC(NCC2COC(C)(C)O2)C1. The predicted octanol–water partition coefficient (Wildman–Crippen LogP) is 2.56. The summed E-state index contributed by atoms with van der Waals surface area (Å²) >= 11 is 0. The molecule has 2 N–H and O–H groups in total. The van der Waals surface area contributed by atoms with Crippen LogP contribution in [0.25, 0.3) is 0 Å². The summed E-state index contributed by atoms with van der Waals surface area (Å²) in [4.78, 5) is 11.9. The number of alkyl carbamates (subject to hydrolysis) is 1. The van der Waals surface area contributed by atoms with E-state index in [1.165, 1.54) is 0 Å². The molecule has 1 amide bonds. The Balaban J connectivity index is 1.70. The van der Waals surface area contributed by atoms with E-state index in [0.717, 1.165) is 32.2 Å². The first-order valence-electron chi connectivity index (χ1n) is 8.68. The molecule has 0 aromatic heterocycles. The molecule has 0 aromatic carbocycles. The van der Waals surface area contributed by atoms with E-state index >= 15 is 0 Å². The van der Waals surface area contributed by atoms with E-state index in [1.807, 2.05) is 34.6 Å². The topological polar surface area (TPSA) is 68.8 Å². The Kier molecular flexibility index (Phi) is 5.92. The minimum atomic E-state index is -0.473. The van der Waals surface area contributed by atoms with E-state index in [2.05, 4.69) is 10.6 Å². The fraction of sp³-hybridized carbons (Fsp3) is 0.941. The van der Waals surface area contributed by atoms with Gasteiger partial charge in [0.1, 0.15) is 5.60 Å². The van der Waals surface area contributed by atoms with Crippen molar-refractivity contribution in [3.8, 4) is 0 Å². The molecule has 3 atom stereocenters. The van der Waals surface area contributed by atoms with Crippen molar-refractivity contribution in [1.82, 2.24) is 10.6 Å². The van der Waals surface area contributed by atoms with Crippen LogP contribution in [0.5, 0.6) is 0 Å². The van der Waals surface area contributed by atoms with Gasteiger partial charge in [-0.25, -0.2) is 4.79 Å². The molecule has 1 saturated carbocycles. The Morgan fingerprint density at radius 1 is 1.26 bits per heavy atom. The van der Waals surface area contributed by atoms with Gasteiger partial charge in [-0.3, -0.25) is 0 Å². The van der Waals surface area contributed by atoms with Crippen molar-refractivity contribution >= 4 is 6.09 Å².